The molecule has 0 amide bonds. The summed E-state index contributed by atoms with van der Waals surface area (Å²) in [6, 6.07) is 19.7. The molecule has 0 fully saturated rings. The second kappa shape index (κ2) is 7.88. The Labute approximate surface area is 188 Å². The third-order valence-electron chi connectivity index (χ3n) is 6.36. The minimum absolute atomic E-state index is 0.0710. The summed E-state index contributed by atoms with van der Waals surface area (Å²) in [7, 11) is 0. The van der Waals surface area contributed by atoms with Gasteiger partial charge in [0.25, 0.3) is 0 Å². The number of aliphatic hydroxyl groups excluding tert-OH is 1. The van der Waals surface area contributed by atoms with Crippen LogP contribution in [0.5, 0.6) is 0 Å². The molecule has 2 aliphatic rings. The van der Waals surface area contributed by atoms with Gasteiger partial charge < -0.3 is 5.11 Å². The Morgan fingerprint density at radius 2 is 1.56 bits per heavy atom. The summed E-state index contributed by atoms with van der Waals surface area (Å²) in [5.74, 6) is -0.182. The molecule has 5 rings (SSSR count). The number of rotatable bonds is 4. The number of benzene rings is 3. The maximum absolute atomic E-state index is 13.5. The van der Waals surface area contributed by atoms with Crippen LogP contribution in [-0.4, -0.2) is 23.1 Å². The molecule has 3 aromatic carbocycles. The van der Waals surface area contributed by atoms with E-state index in [0.717, 1.165) is 28.1 Å². The van der Waals surface area contributed by atoms with E-state index < -0.39 is 6.10 Å². The molecule has 0 aromatic heterocycles. The van der Waals surface area contributed by atoms with Gasteiger partial charge in [0, 0.05) is 29.2 Å². The highest BCUT2D eigenvalue weighted by atomic mass is 16.3. The number of ketones is 1. The number of allylic oxidation sites excluding steroid dienone is 1. The van der Waals surface area contributed by atoms with Gasteiger partial charge in [0.15, 0.2) is 5.78 Å². The molecule has 0 radical (unpaired) electrons. The molecular weight excluding hydrogens is 396 g/mol. The van der Waals surface area contributed by atoms with Crippen LogP contribution in [0.1, 0.15) is 62.7 Å². The molecular formula is C28H26N2O2. The van der Waals surface area contributed by atoms with Crippen LogP contribution in [0.25, 0.3) is 0 Å². The monoisotopic (exact) mass is 422 g/mol. The standard InChI is InChI=1S/C28H26N2O2/c1-4-30-23-15-13-22(28(32)20-11-7-18(3)8-12-20)26-24(31)16-14-21(25(23)26)27(29-30)19-9-5-17(2)6-10-19/h5-16,21,24,31H,4H2,1-3H3/t21-,24-/m1/s1. The first kappa shape index (κ1) is 20.4. The molecule has 32 heavy (non-hydrogen) atoms. The van der Waals surface area contributed by atoms with E-state index in [1.165, 1.54) is 5.56 Å². The van der Waals surface area contributed by atoms with Gasteiger partial charge in [-0.1, -0.05) is 71.8 Å². The van der Waals surface area contributed by atoms with Crippen LogP contribution < -0.4 is 5.01 Å². The predicted molar refractivity (Wildman–Crippen MR) is 129 cm³/mol. The predicted octanol–water partition coefficient (Wildman–Crippen LogP) is 5.47. The highest BCUT2D eigenvalue weighted by Crippen LogP contribution is 2.45. The van der Waals surface area contributed by atoms with E-state index in [4.69, 9.17) is 5.10 Å². The number of hydrazone groups is 1. The van der Waals surface area contributed by atoms with E-state index in [0.29, 0.717) is 23.2 Å². The molecule has 0 saturated carbocycles. The number of aliphatic hydroxyl groups is 1. The van der Waals surface area contributed by atoms with Crippen LogP contribution in [0.15, 0.2) is 77.9 Å². The first-order chi connectivity index (χ1) is 15.5. The number of carbonyl (C=O) groups excluding carboxylic acids is 1. The highest BCUT2D eigenvalue weighted by molar-refractivity contribution is 6.13. The van der Waals surface area contributed by atoms with Crippen molar-refractivity contribution in [2.24, 2.45) is 5.10 Å². The lowest BCUT2D eigenvalue weighted by atomic mass is 9.76. The molecule has 0 spiro atoms. The fourth-order valence-electron chi connectivity index (χ4n) is 4.64. The Hall–Kier alpha value is -3.50. The minimum Gasteiger partial charge on any atom is -0.384 e. The largest absolute Gasteiger partial charge is 0.384 e. The maximum atomic E-state index is 13.5. The van der Waals surface area contributed by atoms with E-state index in [-0.39, 0.29) is 11.7 Å². The summed E-state index contributed by atoms with van der Waals surface area (Å²) < 4.78 is 0. The van der Waals surface area contributed by atoms with Crippen molar-refractivity contribution in [2.75, 3.05) is 11.6 Å². The Bertz CT molecular complexity index is 1250. The van der Waals surface area contributed by atoms with Gasteiger partial charge in [-0.25, -0.2) is 0 Å². The Morgan fingerprint density at radius 3 is 2.22 bits per heavy atom. The van der Waals surface area contributed by atoms with Crippen LogP contribution in [0.3, 0.4) is 0 Å². The number of nitrogens with zero attached hydrogens (tertiary/aromatic N) is 2. The zero-order valence-corrected chi connectivity index (χ0v) is 18.5. The second-order valence-electron chi connectivity index (χ2n) is 8.53. The first-order valence-corrected chi connectivity index (χ1v) is 11.1. The molecule has 1 N–H and O–H groups in total. The first-order valence-electron chi connectivity index (χ1n) is 11.1. The zero-order chi connectivity index (χ0) is 22.4. The summed E-state index contributed by atoms with van der Waals surface area (Å²) in [6.07, 6.45) is 2.97. The molecule has 4 nitrogen and oxygen atoms in total. The van der Waals surface area contributed by atoms with Crippen LogP contribution in [0.4, 0.5) is 5.69 Å². The minimum atomic E-state index is -0.832. The summed E-state index contributed by atoms with van der Waals surface area (Å²) in [6.45, 7) is 6.82. The lowest BCUT2D eigenvalue weighted by molar-refractivity contribution is 0.103. The van der Waals surface area contributed by atoms with Gasteiger partial charge in [0.1, 0.15) is 0 Å². The topological polar surface area (TPSA) is 52.9 Å². The third-order valence-corrected chi connectivity index (χ3v) is 6.36. The van der Waals surface area contributed by atoms with Gasteiger partial charge >= 0.3 is 0 Å². The number of hydrogen-bond acceptors (Lipinski definition) is 4. The molecule has 3 aromatic rings. The molecule has 0 saturated heterocycles. The van der Waals surface area contributed by atoms with Gasteiger partial charge in [-0.05, 0) is 44.0 Å². The second-order valence-corrected chi connectivity index (χ2v) is 8.53. The van der Waals surface area contributed by atoms with Crippen molar-refractivity contribution in [3.8, 4) is 0 Å². The van der Waals surface area contributed by atoms with Crippen molar-refractivity contribution >= 4 is 17.2 Å². The summed E-state index contributed by atoms with van der Waals surface area (Å²) in [5.41, 5.74) is 8.08. The molecule has 1 heterocycles. The number of hydrogen-bond donors (Lipinski definition) is 1. The quantitative estimate of drug-likeness (QED) is 0.448. The smallest absolute Gasteiger partial charge is 0.193 e. The Kier molecular flexibility index (Phi) is 5.03. The number of anilines is 1. The van der Waals surface area contributed by atoms with E-state index in [1.54, 1.807) is 6.08 Å². The maximum Gasteiger partial charge on any atom is 0.193 e. The van der Waals surface area contributed by atoms with Crippen molar-refractivity contribution in [2.45, 2.75) is 32.8 Å². The van der Waals surface area contributed by atoms with Gasteiger partial charge in [0.2, 0.25) is 0 Å². The average Bonchev–Trinajstić information content (AvgIpc) is 2.81. The lowest BCUT2D eigenvalue weighted by Crippen LogP contribution is -2.32. The van der Waals surface area contributed by atoms with Crippen LogP contribution in [0.2, 0.25) is 0 Å². The van der Waals surface area contributed by atoms with Gasteiger partial charge in [0.05, 0.1) is 17.5 Å². The molecule has 2 atom stereocenters. The Balaban J connectivity index is 1.69. The van der Waals surface area contributed by atoms with Crippen LogP contribution >= 0.6 is 0 Å². The van der Waals surface area contributed by atoms with Crippen molar-refractivity contribution in [3.05, 3.63) is 112 Å². The molecule has 1 aliphatic heterocycles. The molecule has 160 valence electrons. The normalized spacial score (nSPS) is 18.9. The SMILES string of the molecule is CCN1N=C(c2ccc(C)cc2)[C@@H]2C=C[C@@H](O)c3c(C(=O)c4ccc(C)cc4)ccc1c32. The van der Waals surface area contributed by atoms with Crippen LogP contribution in [0, 0.1) is 13.8 Å². The summed E-state index contributed by atoms with van der Waals surface area (Å²) in [4.78, 5) is 13.5. The molecule has 0 bridgehead atoms. The van der Waals surface area contributed by atoms with Crippen molar-refractivity contribution in [1.82, 2.24) is 0 Å². The van der Waals surface area contributed by atoms with E-state index in [2.05, 4.69) is 38.1 Å². The van der Waals surface area contributed by atoms with Crippen LogP contribution in [-0.2, 0) is 0 Å². The van der Waals surface area contributed by atoms with E-state index in [9.17, 15) is 9.90 Å². The third kappa shape index (κ3) is 3.28. The number of aryl methyl sites for hydroxylation is 2. The number of carbonyl (C=O) groups is 1. The summed E-state index contributed by atoms with van der Waals surface area (Å²) >= 11 is 0. The lowest BCUT2D eigenvalue weighted by Gasteiger charge is -2.36. The molecule has 4 heteroatoms. The fraction of sp³-hybridized carbons (Fsp3) is 0.214. The van der Waals surface area contributed by atoms with Gasteiger partial charge in [-0.15, -0.1) is 0 Å². The van der Waals surface area contributed by atoms with E-state index >= 15 is 0 Å². The highest BCUT2D eigenvalue weighted by Gasteiger charge is 2.36. The fourth-order valence-corrected chi connectivity index (χ4v) is 4.64. The summed E-state index contributed by atoms with van der Waals surface area (Å²) in [5, 5.41) is 17.9. The van der Waals surface area contributed by atoms with Gasteiger partial charge in [-0.3, -0.25) is 9.80 Å². The van der Waals surface area contributed by atoms with Crippen molar-refractivity contribution in [3.63, 3.8) is 0 Å². The molecule has 1 aliphatic carbocycles. The zero-order valence-electron chi connectivity index (χ0n) is 18.5. The average molecular weight is 423 g/mol. The van der Waals surface area contributed by atoms with Gasteiger partial charge in [-0.2, -0.15) is 5.10 Å². The van der Waals surface area contributed by atoms with E-state index in [1.807, 2.05) is 54.4 Å². The van der Waals surface area contributed by atoms with Crippen molar-refractivity contribution in [1.29, 1.82) is 0 Å². The Morgan fingerprint density at radius 1 is 0.906 bits per heavy atom. The molecule has 0 unspecified atom stereocenters. The van der Waals surface area contributed by atoms with Crippen molar-refractivity contribution < 1.29 is 9.90 Å².